The first-order chi connectivity index (χ1) is 13.3. The number of carbonyl (C=O) groups is 1. The Balaban J connectivity index is 1.77. The van der Waals surface area contributed by atoms with Gasteiger partial charge in [0.1, 0.15) is 12.4 Å². The summed E-state index contributed by atoms with van der Waals surface area (Å²) in [6, 6.07) is 14.9. The van der Waals surface area contributed by atoms with Gasteiger partial charge in [-0.15, -0.1) is 0 Å². The van der Waals surface area contributed by atoms with Gasteiger partial charge in [-0.05, 0) is 24.1 Å². The fourth-order valence-corrected chi connectivity index (χ4v) is 4.78. The molecule has 1 N–H and O–H groups in total. The molecule has 146 valence electrons. The lowest BCUT2D eigenvalue weighted by Gasteiger charge is -2.10. The van der Waals surface area contributed by atoms with Crippen molar-refractivity contribution in [2.45, 2.75) is 36.8 Å². The third-order valence-electron chi connectivity index (χ3n) is 5.18. The van der Waals surface area contributed by atoms with Crippen molar-refractivity contribution in [3.63, 3.8) is 0 Å². The molecule has 0 amide bonds. The molecule has 0 bridgehead atoms. The molecule has 1 aromatic heterocycles. The summed E-state index contributed by atoms with van der Waals surface area (Å²) < 4.78 is 32.7. The van der Waals surface area contributed by atoms with E-state index in [-0.39, 0.29) is 17.2 Å². The molecular formula is C21H21NO5S. The molecule has 6 nitrogen and oxygen atoms in total. The quantitative estimate of drug-likeness (QED) is 0.685. The molecular weight excluding hydrogens is 378 g/mol. The summed E-state index contributed by atoms with van der Waals surface area (Å²) in [5.41, 5.74) is 2.64. The van der Waals surface area contributed by atoms with Crippen LogP contribution in [-0.4, -0.2) is 30.3 Å². The Morgan fingerprint density at radius 1 is 1.21 bits per heavy atom. The summed E-state index contributed by atoms with van der Waals surface area (Å²) in [5.74, 6) is -0.468. The van der Waals surface area contributed by atoms with Crippen molar-refractivity contribution < 1.29 is 23.1 Å². The predicted molar refractivity (Wildman–Crippen MR) is 105 cm³/mol. The zero-order valence-corrected chi connectivity index (χ0v) is 16.3. The molecule has 28 heavy (non-hydrogen) atoms. The second kappa shape index (κ2) is 6.98. The van der Waals surface area contributed by atoms with Crippen molar-refractivity contribution >= 4 is 26.7 Å². The van der Waals surface area contributed by atoms with E-state index in [4.69, 9.17) is 9.84 Å². The Bertz CT molecular complexity index is 1150. The number of nitrogens with zero attached hydrogens (tertiary/aromatic N) is 1. The molecule has 2 aromatic carbocycles. The molecule has 1 unspecified atom stereocenters. The first-order valence-electron chi connectivity index (χ1n) is 9.08. The molecule has 0 spiro atoms. The molecule has 0 radical (unpaired) electrons. The Hall–Kier alpha value is -2.80. The van der Waals surface area contributed by atoms with Crippen molar-refractivity contribution in [3.8, 4) is 5.75 Å². The fraction of sp³-hybridized carbons (Fsp3) is 0.286. The summed E-state index contributed by atoms with van der Waals surface area (Å²) in [4.78, 5) is 11.4. The van der Waals surface area contributed by atoms with E-state index in [9.17, 15) is 13.2 Å². The minimum absolute atomic E-state index is 0.0435. The number of hydrogen-bond acceptors (Lipinski definition) is 4. The Labute approximate surface area is 163 Å². The summed E-state index contributed by atoms with van der Waals surface area (Å²) in [6.07, 6.45) is 1.96. The molecule has 3 aromatic rings. The van der Waals surface area contributed by atoms with Crippen molar-refractivity contribution in [1.82, 2.24) is 4.57 Å². The molecule has 1 aliphatic rings. The van der Waals surface area contributed by atoms with E-state index >= 15 is 0 Å². The number of ether oxygens (including phenoxy) is 1. The van der Waals surface area contributed by atoms with Gasteiger partial charge in [0.15, 0.2) is 9.84 Å². The summed E-state index contributed by atoms with van der Waals surface area (Å²) in [6.45, 7) is 1.01. The summed E-state index contributed by atoms with van der Waals surface area (Å²) in [7, 11) is -3.47. The number of carboxylic acids is 1. The van der Waals surface area contributed by atoms with E-state index in [1.807, 2.05) is 47.0 Å². The normalized spacial score (nSPS) is 16.2. The van der Waals surface area contributed by atoms with E-state index in [1.54, 1.807) is 6.07 Å². The van der Waals surface area contributed by atoms with E-state index in [0.717, 1.165) is 23.2 Å². The third-order valence-corrected chi connectivity index (χ3v) is 6.31. The molecule has 4 rings (SSSR count). The highest BCUT2D eigenvalue weighted by Crippen LogP contribution is 2.40. The average molecular weight is 399 g/mol. The maximum Gasteiger partial charge on any atom is 0.304 e. The number of aliphatic carboxylic acids is 1. The second-order valence-electron chi connectivity index (χ2n) is 7.20. The van der Waals surface area contributed by atoms with Crippen LogP contribution in [0.1, 0.15) is 30.0 Å². The monoisotopic (exact) mass is 399 g/mol. The van der Waals surface area contributed by atoms with Gasteiger partial charge in [-0.3, -0.25) is 4.79 Å². The molecule has 0 aliphatic carbocycles. The smallest absolute Gasteiger partial charge is 0.304 e. The van der Waals surface area contributed by atoms with Crippen molar-refractivity contribution in [3.05, 3.63) is 59.8 Å². The molecule has 0 fully saturated rings. The Kier molecular flexibility index (Phi) is 4.63. The zero-order chi connectivity index (χ0) is 19.9. The highest BCUT2D eigenvalue weighted by Gasteiger charge is 2.29. The van der Waals surface area contributed by atoms with Crippen molar-refractivity contribution in [2.24, 2.45) is 0 Å². The van der Waals surface area contributed by atoms with Crippen LogP contribution in [0, 0.1) is 0 Å². The summed E-state index contributed by atoms with van der Waals surface area (Å²) in [5, 5.41) is 9.78. The van der Waals surface area contributed by atoms with Crippen LogP contribution in [0.4, 0.5) is 0 Å². The van der Waals surface area contributed by atoms with Gasteiger partial charge in [0.25, 0.3) is 0 Å². The van der Waals surface area contributed by atoms with Gasteiger partial charge in [-0.25, -0.2) is 8.42 Å². The van der Waals surface area contributed by atoms with E-state index < -0.39 is 15.8 Å². The van der Waals surface area contributed by atoms with Gasteiger partial charge in [0.2, 0.25) is 0 Å². The lowest BCUT2D eigenvalue weighted by atomic mass is 10.0. The predicted octanol–water partition coefficient (Wildman–Crippen LogP) is 3.59. The number of fused-ring (bicyclic) bond motifs is 3. The number of benzene rings is 2. The standard InChI is InChI=1S/C21H21NO5S/c1-28(25,26)20-11-16(27-13-14-5-3-2-4-6-14)10-19-17(20)12-18-15(9-21(23)24)7-8-22(18)19/h2-6,10-12,15H,7-9,13H2,1H3,(H,23,24). The number of aromatic nitrogens is 1. The van der Waals surface area contributed by atoms with Gasteiger partial charge < -0.3 is 14.4 Å². The van der Waals surface area contributed by atoms with Crippen LogP contribution in [0.25, 0.3) is 10.9 Å². The number of hydrogen-bond donors (Lipinski definition) is 1. The van der Waals surface area contributed by atoms with E-state index in [0.29, 0.717) is 24.3 Å². The minimum atomic E-state index is -3.47. The number of aryl methyl sites for hydroxylation is 1. The molecule has 1 atom stereocenters. The van der Waals surface area contributed by atoms with Gasteiger partial charge in [0.05, 0.1) is 16.8 Å². The Morgan fingerprint density at radius 3 is 2.64 bits per heavy atom. The highest BCUT2D eigenvalue weighted by molar-refractivity contribution is 7.91. The van der Waals surface area contributed by atoms with Gasteiger partial charge in [-0.1, -0.05) is 30.3 Å². The van der Waals surface area contributed by atoms with Crippen LogP contribution >= 0.6 is 0 Å². The highest BCUT2D eigenvalue weighted by atomic mass is 32.2. The molecule has 0 saturated carbocycles. The maximum atomic E-state index is 12.4. The van der Waals surface area contributed by atoms with E-state index in [1.165, 1.54) is 6.26 Å². The zero-order valence-electron chi connectivity index (χ0n) is 15.5. The molecule has 1 aliphatic heterocycles. The largest absolute Gasteiger partial charge is 0.489 e. The maximum absolute atomic E-state index is 12.4. The van der Waals surface area contributed by atoms with Gasteiger partial charge in [-0.2, -0.15) is 0 Å². The van der Waals surface area contributed by atoms with Crippen LogP contribution in [-0.2, 0) is 27.8 Å². The number of sulfone groups is 1. The first-order valence-corrected chi connectivity index (χ1v) is 11.0. The first kappa shape index (κ1) is 18.6. The van der Waals surface area contributed by atoms with Crippen LogP contribution < -0.4 is 4.74 Å². The van der Waals surface area contributed by atoms with Crippen LogP contribution in [0.3, 0.4) is 0 Å². The van der Waals surface area contributed by atoms with Crippen LogP contribution in [0.5, 0.6) is 5.75 Å². The van der Waals surface area contributed by atoms with Crippen LogP contribution in [0.15, 0.2) is 53.4 Å². The second-order valence-corrected chi connectivity index (χ2v) is 9.19. The van der Waals surface area contributed by atoms with Crippen molar-refractivity contribution in [2.75, 3.05) is 6.26 Å². The molecule has 7 heteroatoms. The van der Waals surface area contributed by atoms with Gasteiger partial charge in [0, 0.05) is 35.9 Å². The Morgan fingerprint density at radius 2 is 1.96 bits per heavy atom. The average Bonchev–Trinajstić information content (AvgIpc) is 3.19. The van der Waals surface area contributed by atoms with Crippen LogP contribution in [0.2, 0.25) is 0 Å². The SMILES string of the molecule is CS(=O)(=O)c1cc(OCc2ccccc2)cc2c1cc1n2CCC1CC(=O)O. The lowest BCUT2D eigenvalue weighted by Crippen LogP contribution is -2.02. The summed E-state index contributed by atoms with van der Waals surface area (Å²) >= 11 is 0. The molecule has 2 heterocycles. The number of rotatable bonds is 6. The van der Waals surface area contributed by atoms with Gasteiger partial charge >= 0.3 is 5.97 Å². The topological polar surface area (TPSA) is 85.6 Å². The van der Waals surface area contributed by atoms with E-state index in [2.05, 4.69) is 0 Å². The molecule has 0 saturated heterocycles. The minimum Gasteiger partial charge on any atom is -0.489 e. The number of carboxylic acid groups (broad SMARTS) is 1. The fourth-order valence-electron chi connectivity index (χ4n) is 3.89. The lowest BCUT2D eigenvalue weighted by molar-refractivity contribution is -0.137. The van der Waals surface area contributed by atoms with Crippen molar-refractivity contribution in [1.29, 1.82) is 0 Å². The third kappa shape index (κ3) is 3.49.